The van der Waals surface area contributed by atoms with Crippen molar-refractivity contribution in [3.8, 4) is 0 Å². The number of urea groups is 1. The fraction of sp³-hybridized carbons (Fsp3) is 0.364. The molecular formula is C33H38Cl2N10O3. The first-order valence-corrected chi connectivity index (χ1v) is 16.7. The fourth-order valence-corrected chi connectivity index (χ4v) is 5.74. The van der Waals surface area contributed by atoms with Crippen molar-refractivity contribution in [3.05, 3.63) is 83.1 Å². The average Bonchev–Trinajstić information content (AvgIpc) is 3.52. The van der Waals surface area contributed by atoms with Crippen LogP contribution in [0.3, 0.4) is 0 Å². The minimum Gasteiger partial charge on any atom is -0.383 e. The lowest BCUT2D eigenvalue weighted by molar-refractivity contribution is 0.122. The molecule has 0 aliphatic carbocycles. The third-order valence-electron chi connectivity index (χ3n) is 7.83. The van der Waals surface area contributed by atoms with E-state index in [1.54, 1.807) is 21.9 Å². The highest BCUT2D eigenvalue weighted by atomic mass is 35.5. The van der Waals surface area contributed by atoms with E-state index in [1.165, 1.54) is 0 Å². The van der Waals surface area contributed by atoms with Crippen LogP contribution < -0.4 is 30.2 Å². The molecule has 3 aliphatic rings. The molecule has 2 amide bonds. The Hall–Kier alpha value is -4.43. The van der Waals surface area contributed by atoms with Gasteiger partial charge in [-0.25, -0.2) is 14.8 Å². The smallest absolute Gasteiger partial charge is 0.330 e. The predicted octanol–water partition coefficient (Wildman–Crippen LogP) is 4.90. The zero-order valence-electron chi connectivity index (χ0n) is 26.5. The molecule has 5 heterocycles. The van der Waals surface area contributed by atoms with Gasteiger partial charge in [0, 0.05) is 75.9 Å². The Morgan fingerprint density at radius 3 is 1.81 bits per heavy atom. The summed E-state index contributed by atoms with van der Waals surface area (Å²) in [5.74, 6) is 2.46. The summed E-state index contributed by atoms with van der Waals surface area (Å²) in [5.41, 5.74) is 1.98. The van der Waals surface area contributed by atoms with E-state index in [1.807, 2.05) is 65.6 Å². The van der Waals surface area contributed by atoms with Gasteiger partial charge < -0.3 is 29.9 Å². The zero-order valence-corrected chi connectivity index (χ0v) is 28.0. The Morgan fingerprint density at radius 2 is 1.17 bits per heavy atom. The topological polar surface area (TPSA) is 124 Å². The zero-order chi connectivity index (χ0) is 33.1. The molecule has 0 spiro atoms. The molecule has 2 N–H and O–H groups in total. The van der Waals surface area contributed by atoms with Gasteiger partial charge in [-0.1, -0.05) is 59.6 Å². The highest BCUT2D eigenvalue weighted by Gasteiger charge is 2.32. The van der Waals surface area contributed by atoms with Gasteiger partial charge in [0.2, 0.25) is 11.9 Å². The van der Waals surface area contributed by atoms with Crippen molar-refractivity contribution >= 4 is 64.1 Å². The molecule has 0 unspecified atom stereocenters. The number of anilines is 6. The highest BCUT2D eigenvalue weighted by molar-refractivity contribution is 6.30. The number of halogens is 2. The molecule has 252 valence electrons. The van der Waals surface area contributed by atoms with Gasteiger partial charge in [0.25, 0.3) is 0 Å². The van der Waals surface area contributed by atoms with E-state index in [0.717, 1.165) is 43.4 Å². The van der Waals surface area contributed by atoms with E-state index in [-0.39, 0.29) is 6.03 Å². The molecule has 2 aromatic heterocycles. The second-order valence-electron chi connectivity index (χ2n) is 11.1. The molecule has 15 heteroatoms. The fourth-order valence-electron chi connectivity index (χ4n) is 5.39. The van der Waals surface area contributed by atoms with Crippen LogP contribution in [0, 0.1) is 0 Å². The van der Waals surface area contributed by atoms with Crippen molar-refractivity contribution < 1.29 is 14.3 Å². The van der Waals surface area contributed by atoms with E-state index < -0.39 is 0 Å². The van der Waals surface area contributed by atoms with Gasteiger partial charge in [-0.15, -0.1) is 0 Å². The third kappa shape index (κ3) is 8.92. The van der Waals surface area contributed by atoms with E-state index >= 15 is 0 Å². The van der Waals surface area contributed by atoms with Crippen molar-refractivity contribution in [2.75, 3.05) is 109 Å². The summed E-state index contributed by atoms with van der Waals surface area (Å²) < 4.78 is 10.7. The number of hydrogen-bond donors (Lipinski definition) is 2. The minimum absolute atomic E-state index is 0.103. The molecule has 3 fully saturated rings. The molecule has 13 nitrogen and oxygen atoms in total. The van der Waals surface area contributed by atoms with Gasteiger partial charge in [-0.3, -0.25) is 9.80 Å². The Morgan fingerprint density at radius 1 is 0.625 bits per heavy atom. The second-order valence-corrected chi connectivity index (χ2v) is 11.8. The summed E-state index contributed by atoms with van der Waals surface area (Å²) in [7, 11) is 0. The first kappa shape index (κ1) is 33.5. The number of carbonyl (C=O) groups excluding carboxylic acids is 1. The predicted molar refractivity (Wildman–Crippen MR) is 190 cm³/mol. The molecule has 4 aromatic rings. The normalized spacial score (nSPS) is 16.4. The lowest BCUT2D eigenvalue weighted by Crippen LogP contribution is -2.38. The van der Waals surface area contributed by atoms with E-state index in [9.17, 15) is 4.79 Å². The molecule has 3 saturated heterocycles. The Bertz CT molecular complexity index is 1630. The number of aromatic nitrogens is 4. The molecule has 0 bridgehead atoms. The van der Waals surface area contributed by atoms with Crippen molar-refractivity contribution in [2.24, 2.45) is 0 Å². The number of hydrogen-bond acceptors (Lipinski definition) is 11. The number of carbonyl (C=O) groups is 1. The largest absolute Gasteiger partial charge is 0.383 e. The third-order valence-corrected chi connectivity index (χ3v) is 8.22. The van der Waals surface area contributed by atoms with Crippen LogP contribution in [0.2, 0.25) is 10.3 Å². The summed E-state index contributed by atoms with van der Waals surface area (Å²) in [5, 5.41) is 7.40. The minimum atomic E-state index is -0.103. The van der Waals surface area contributed by atoms with Crippen LogP contribution >= 0.6 is 23.2 Å². The van der Waals surface area contributed by atoms with Crippen LogP contribution in [0.15, 0.2) is 72.8 Å². The molecule has 7 rings (SSSR count). The summed E-state index contributed by atoms with van der Waals surface area (Å²) >= 11 is 12.3. The lowest BCUT2D eigenvalue weighted by Gasteiger charge is -2.27. The maximum atomic E-state index is 12.8. The van der Waals surface area contributed by atoms with Crippen LogP contribution in [-0.4, -0.2) is 105 Å². The van der Waals surface area contributed by atoms with Gasteiger partial charge in [0.15, 0.2) is 0 Å². The molecule has 3 aliphatic heterocycles. The van der Waals surface area contributed by atoms with Gasteiger partial charge in [-0.05, 0) is 24.3 Å². The molecule has 0 radical (unpaired) electrons. The number of nitrogens with zero attached hydrogens (tertiary/aromatic N) is 8. The van der Waals surface area contributed by atoms with Gasteiger partial charge in [-0.2, -0.15) is 9.97 Å². The Labute approximate surface area is 289 Å². The van der Waals surface area contributed by atoms with E-state index in [2.05, 4.69) is 35.5 Å². The SMILES string of the molecule is Clc1cc(NCCNc2ccccc2)nc(N2CCOCC2)n1.O=C1N(c2ccccc2)CCN1c1cc(Cl)nc(N2CCOCC2)n1. The van der Waals surface area contributed by atoms with Crippen LogP contribution in [0.25, 0.3) is 0 Å². The molecule has 0 saturated carbocycles. The molecule has 0 atom stereocenters. The molecule has 48 heavy (non-hydrogen) atoms. The van der Waals surface area contributed by atoms with Crippen molar-refractivity contribution in [2.45, 2.75) is 0 Å². The van der Waals surface area contributed by atoms with Gasteiger partial charge in [0.05, 0.1) is 26.4 Å². The maximum absolute atomic E-state index is 12.8. The highest BCUT2D eigenvalue weighted by Crippen LogP contribution is 2.27. The molecular weight excluding hydrogens is 655 g/mol. The van der Waals surface area contributed by atoms with Crippen molar-refractivity contribution in [1.82, 2.24) is 19.9 Å². The number of benzene rings is 2. The number of ether oxygens (including phenoxy) is 2. The molecule has 2 aromatic carbocycles. The number of nitrogens with one attached hydrogen (secondary N) is 2. The summed E-state index contributed by atoms with van der Waals surface area (Å²) in [6.45, 7) is 8.35. The maximum Gasteiger partial charge on any atom is 0.330 e. The second kappa shape index (κ2) is 16.6. The van der Waals surface area contributed by atoms with Crippen molar-refractivity contribution in [3.63, 3.8) is 0 Å². The number of morpholine rings is 2. The van der Waals surface area contributed by atoms with Crippen LogP contribution in [-0.2, 0) is 9.47 Å². The van der Waals surface area contributed by atoms with Crippen molar-refractivity contribution in [1.29, 1.82) is 0 Å². The quantitative estimate of drug-likeness (QED) is 0.184. The monoisotopic (exact) mass is 692 g/mol. The Kier molecular flexibility index (Phi) is 11.6. The first-order chi connectivity index (χ1) is 23.5. The average molecular weight is 694 g/mol. The van der Waals surface area contributed by atoms with E-state index in [4.69, 9.17) is 32.7 Å². The summed E-state index contributed by atoms with van der Waals surface area (Å²) in [4.78, 5) is 38.0. The van der Waals surface area contributed by atoms with Crippen LogP contribution in [0.5, 0.6) is 0 Å². The Balaban J connectivity index is 0.000000168. The summed E-state index contributed by atoms with van der Waals surface area (Å²) in [6.07, 6.45) is 0. The summed E-state index contributed by atoms with van der Waals surface area (Å²) in [6, 6.07) is 23.0. The lowest BCUT2D eigenvalue weighted by atomic mass is 10.3. The van der Waals surface area contributed by atoms with Crippen LogP contribution in [0.1, 0.15) is 0 Å². The standard InChI is InChI=1S/C17H18ClN5O2.C16H20ClN5O/c18-14-12-15(20-16(19-14)21-8-10-25-11-9-21)23-7-6-22(17(23)24)13-4-2-1-3-5-13;17-14-12-15(19-7-6-18-13-4-2-1-3-5-13)21-16(20-14)22-8-10-23-11-9-22/h1-5,12H,6-11H2;1-5,12,18H,6-11H2,(H,19,20,21). The van der Waals surface area contributed by atoms with E-state index in [0.29, 0.717) is 80.6 Å². The van der Waals surface area contributed by atoms with Gasteiger partial charge in [0.1, 0.15) is 21.9 Å². The number of rotatable bonds is 9. The first-order valence-electron chi connectivity index (χ1n) is 15.9. The number of para-hydroxylation sites is 2. The number of amides is 2. The van der Waals surface area contributed by atoms with Gasteiger partial charge >= 0.3 is 6.03 Å². The van der Waals surface area contributed by atoms with Crippen LogP contribution in [0.4, 0.5) is 39.7 Å².